The Morgan fingerprint density at radius 3 is 2.35 bits per heavy atom. The van der Waals surface area contributed by atoms with Gasteiger partial charge in [-0.25, -0.2) is 0 Å². The molecule has 0 aliphatic heterocycles. The Hall–Kier alpha value is -1.63. The van der Waals surface area contributed by atoms with Crippen molar-refractivity contribution in [1.29, 1.82) is 0 Å². The van der Waals surface area contributed by atoms with E-state index in [1.54, 1.807) is 0 Å². The number of carbonyl (C=O) groups is 1. The van der Waals surface area contributed by atoms with Gasteiger partial charge >= 0.3 is 6.18 Å². The molecule has 0 spiro atoms. The minimum absolute atomic E-state index is 0.0279. The van der Waals surface area contributed by atoms with E-state index in [2.05, 4.69) is 0 Å². The molecule has 8 heteroatoms. The van der Waals surface area contributed by atoms with Crippen LogP contribution in [0.2, 0.25) is 10.0 Å². The van der Waals surface area contributed by atoms with Gasteiger partial charge in [-0.2, -0.15) is 13.2 Å². The second-order valence-corrected chi connectivity index (χ2v) is 5.70. The smallest absolute Gasteiger partial charge is 0.313 e. The first-order valence-electron chi connectivity index (χ1n) is 6.15. The lowest BCUT2D eigenvalue weighted by molar-refractivity contribution is -0.137. The molecule has 0 unspecified atom stereocenters. The van der Waals surface area contributed by atoms with E-state index in [0.717, 1.165) is 29.1 Å². The van der Waals surface area contributed by atoms with E-state index < -0.39 is 17.5 Å². The highest BCUT2D eigenvalue weighted by molar-refractivity contribution is 7.71. The van der Waals surface area contributed by atoms with Crippen molar-refractivity contribution in [1.82, 2.24) is 4.57 Å². The number of allylic oxidation sites excluding steroid dienone is 1. The average molecular weight is 378 g/mol. The summed E-state index contributed by atoms with van der Waals surface area (Å²) in [6, 6.07) is 6.83. The molecule has 120 valence electrons. The molecule has 0 saturated carbocycles. The summed E-state index contributed by atoms with van der Waals surface area (Å²) in [6.07, 6.45) is -1.54. The summed E-state index contributed by atoms with van der Waals surface area (Å²) in [4.78, 5) is 12.0. The Bertz CT molecular complexity index is 826. The van der Waals surface area contributed by atoms with Gasteiger partial charge in [0.05, 0.1) is 10.6 Å². The standard InChI is InChI=1S/C15H8Cl2F3NOS/c16-11-3-1-9(2-4-11)13(22)5-6-21-8-10(15(18,19)20)7-12(17)14(21)23/h1-8H. The minimum Gasteiger partial charge on any atom is -0.313 e. The number of rotatable bonds is 3. The third-order valence-electron chi connectivity index (χ3n) is 2.84. The summed E-state index contributed by atoms with van der Waals surface area (Å²) in [5, 5.41) is 0.246. The van der Waals surface area contributed by atoms with Crippen LogP contribution in [0, 0.1) is 4.64 Å². The molecular weight excluding hydrogens is 370 g/mol. The molecule has 0 N–H and O–H groups in total. The van der Waals surface area contributed by atoms with Crippen LogP contribution in [0.25, 0.3) is 6.20 Å². The van der Waals surface area contributed by atoms with E-state index >= 15 is 0 Å². The van der Waals surface area contributed by atoms with Crippen molar-refractivity contribution >= 4 is 47.4 Å². The molecule has 0 saturated heterocycles. The van der Waals surface area contributed by atoms with Gasteiger partial charge in [-0.1, -0.05) is 35.4 Å². The van der Waals surface area contributed by atoms with Crippen molar-refractivity contribution in [3.8, 4) is 0 Å². The summed E-state index contributed by atoms with van der Waals surface area (Å²) < 4.78 is 39.3. The number of benzene rings is 1. The first-order valence-corrected chi connectivity index (χ1v) is 7.32. The van der Waals surface area contributed by atoms with Crippen LogP contribution < -0.4 is 0 Å². The van der Waals surface area contributed by atoms with Gasteiger partial charge in [0.1, 0.15) is 4.64 Å². The lowest BCUT2D eigenvalue weighted by atomic mass is 10.1. The predicted octanol–water partition coefficient (Wildman–Crippen LogP) is 5.90. The van der Waals surface area contributed by atoms with Gasteiger partial charge in [0.25, 0.3) is 0 Å². The molecule has 1 aromatic carbocycles. The Balaban J connectivity index is 2.35. The second kappa shape index (κ2) is 6.86. The molecule has 0 fully saturated rings. The van der Waals surface area contributed by atoms with E-state index in [0.29, 0.717) is 10.6 Å². The lowest BCUT2D eigenvalue weighted by Gasteiger charge is -2.10. The molecule has 0 atom stereocenters. The van der Waals surface area contributed by atoms with Gasteiger partial charge < -0.3 is 4.57 Å². The first kappa shape index (κ1) is 17.7. The highest BCUT2D eigenvalue weighted by atomic mass is 35.5. The zero-order valence-corrected chi connectivity index (χ0v) is 13.6. The number of ketones is 1. The van der Waals surface area contributed by atoms with Crippen LogP contribution in [0.15, 0.2) is 42.6 Å². The summed E-state index contributed by atoms with van der Waals surface area (Å²) in [7, 11) is 0. The van der Waals surface area contributed by atoms with Gasteiger partial charge in [-0.05, 0) is 30.3 Å². The fourth-order valence-electron chi connectivity index (χ4n) is 1.69. The number of alkyl halides is 3. The number of aromatic nitrogens is 1. The zero-order valence-electron chi connectivity index (χ0n) is 11.3. The van der Waals surface area contributed by atoms with Crippen LogP contribution in [0.4, 0.5) is 13.2 Å². The average Bonchev–Trinajstić information content (AvgIpc) is 2.48. The van der Waals surface area contributed by atoms with Crippen LogP contribution in [0.3, 0.4) is 0 Å². The van der Waals surface area contributed by atoms with Crippen molar-refractivity contribution in [2.24, 2.45) is 0 Å². The summed E-state index contributed by atoms with van der Waals surface area (Å²) >= 11 is 16.4. The molecule has 23 heavy (non-hydrogen) atoms. The number of hydrogen-bond acceptors (Lipinski definition) is 2. The molecule has 0 aliphatic rings. The van der Waals surface area contributed by atoms with Crippen LogP contribution in [-0.2, 0) is 6.18 Å². The molecule has 2 rings (SSSR count). The van der Waals surface area contributed by atoms with Crippen molar-refractivity contribution < 1.29 is 18.0 Å². The number of halogens is 5. The third kappa shape index (κ3) is 4.43. The Morgan fingerprint density at radius 1 is 1.17 bits per heavy atom. The van der Waals surface area contributed by atoms with Crippen LogP contribution >= 0.6 is 35.4 Å². The van der Waals surface area contributed by atoms with Crippen LogP contribution in [0.1, 0.15) is 15.9 Å². The Labute approximate surface area is 144 Å². The van der Waals surface area contributed by atoms with E-state index in [1.807, 2.05) is 0 Å². The summed E-state index contributed by atoms with van der Waals surface area (Å²) in [5.41, 5.74) is -0.616. The summed E-state index contributed by atoms with van der Waals surface area (Å²) in [6.45, 7) is 0. The molecule has 0 amide bonds. The van der Waals surface area contributed by atoms with Crippen molar-refractivity contribution in [3.63, 3.8) is 0 Å². The third-order valence-corrected chi connectivity index (χ3v) is 3.92. The maximum Gasteiger partial charge on any atom is 0.417 e. The normalized spacial score (nSPS) is 11.9. The van der Waals surface area contributed by atoms with Gasteiger partial charge in [0, 0.05) is 29.1 Å². The molecule has 1 aromatic heterocycles. The fraction of sp³-hybridized carbons (Fsp3) is 0.0667. The number of carbonyl (C=O) groups excluding carboxylic acids is 1. The maximum absolute atomic E-state index is 12.8. The van der Waals surface area contributed by atoms with Gasteiger partial charge in [0.2, 0.25) is 0 Å². The van der Waals surface area contributed by atoms with Crippen molar-refractivity contribution in [2.45, 2.75) is 6.18 Å². The quantitative estimate of drug-likeness (QED) is 0.377. The number of pyridine rings is 1. The zero-order chi connectivity index (χ0) is 17.2. The first-order chi connectivity index (χ1) is 10.7. The molecule has 0 bridgehead atoms. The molecule has 2 nitrogen and oxygen atoms in total. The Morgan fingerprint density at radius 2 is 1.78 bits per heavy atom. The monoisotopic (exact) mass is 377 g/mol. The fourth-order valence-corrected chi connectivity index (χ4v) is 2.21. The number of nitrogens with zero attached hydrogens (tertiary/aromatic N) is 1. The van der Waals surface area contributed by atoms with E-state index in [1.165, 1.54) is 24.3 Å². The van der Waals surface area contributed by atoms with Crippen LogP contribution in [-0.4, -0.2) is 10.4 Å². The highest BCUT2D eigenvalue weighted by Crippen LogP contribution is 2.31. The largest absolute Gasteiger partial charge is 0.417 e. The van der Waals surface area contributed by atoms with E-state index in [9.17, 15) is 18.0 Å². The molecule has 0 aliphatic carbocycles. The second-order valence-electron chi connectivity index (χ2n) is 4.47. The maximum atomic E-state index is 12.8. The SMILES string of the molecule is O=C(C=Cn1cc(C(F)(F)F)cc(Cl)c1=S)c1ccc(Cl)cc1. The Kier molecular flexibility index (Phi) is 5.29. The molecule has 2 aromatic rings. The van der Waals surface area contributed by atoms with Gasteiger partial charge in [-0.15, -0.1) is 0 Å². The van der Waals surface area contributed by atoms with Crippen molar-refractivity contribution in [2.75, 3.05) is 0 Å². The molecule has 1 heterocycles. The topological polar surface area (TPSA) is 22.0 Å². The highest BCUT2D eigenvalue weighted by Gasteiger charge is 2.31. The van der Waals surface area contributed by atoms with Gasteiger partial charge in [0.15, 0.2) is 5.78 Å². The predicted molar refractivity (Wildman–Crippen MR) is 86.4 cm³/mol. The van der Waals surface area contributed by atoms with E-state index in [-0.39, 0.29) is 9.66 Å². The van der Waals surface area contributed by atoms with E-state index in [4.69, 9.17) is 35.4 Å². The number of hydrogen-bond donors (Lipinski definition) is 0. The van der Waals surface area contributed by atoms with Gasteiger partial charge in [-0.3, -0.25) is 4.79 Å². The molecular formula is C15H8Cl2F3NOS. The van der Waals surface area contributed by atoms with Crippen molar-refractivity contribution in [3.05, 3.63) is 68.4 Å². The minimum atomic E-state index is -4.57. The lowest BCUT2D eigenvalue weighted by Crippen LogP contribution is -2.08. The molecule has 0 radical (unpaired) electrons. The summed E-state index contributed by atoms with van der Waals surface area (Å²) in [5.74, 6) is -0.405. The van der Waals surface area contributed by atoms with Crippen LogP contribution in [0.5, 0.6) is 0 Å².